The maximum atomic E-state index is 11.3. The van der Waals surface area contributed by atoms with Gasteiger partial charge in [-0.1, -0.05) is 17.4 Å². The Bertz CT molecular complexity index is 659. The second-order valence-electron chi connectivity index (χ2n) is 4.74. The van der Waals surface area contributed by atoms with Crippen LogP contribution < -0.4 is 9.61 Å². The van der Waals surface area contributed by atoms with Crippen LogP contribution in [0.5, 0.6) is 11.6 Å². The van der Waals surface area contributed by atoms with Gasteiger partial charge in [-0.15, -0.1) is 0 Å². The summed E-state index contributed by atoms with van der Waals surface area (Å²) in [5.74, 6) is 0.980. The Morgan fingerprint density at radius 3 is 3.00 bits per heavy atom. The summed E-state index contributed by atoms with van der Waals surface area (Å²) in [5, 5.41) is 9.84. The highest BCUT2D eigenvalue weighted by molar-refractivity contribution is 7.09. The predicted molar refractivity (Wildman–Crippen MR) is 74.4 cm³/mol. The number of methoxy groups -OCH3 is 1. The van der Waals surface area contributed by atoms with E-state index in [-0.39, 0.29) is 16.7 Å². The first kappa shape index (κ1) is 12.3. The number of aromatic amines is 1. The largest absolute Gasteiger partial charge is 0.497 e. The Labute approximate surface area is 114 Å². The summed E-state index contributed by atoms with van der Waals surface area (Å²) in [7, 11) is 1.66. The molecule has 2 N–H and O–H groups in total. The standard InChI is InChI=1S/C14H15NO3S/c1-18-9-5-6-10-8(7-9)3-2-4-11(10)12-13(16)15-14(17)19-12/h5-7,11,16H,2-4H2,1H3,(H,15,17)/t11-/m1/s1. The monoisotopic (exact) mass is 277 g/mol. The van der Waals surface area contributed by atoms with E-state index in [1.54, 1.807) is 7.11 Å². The third-order valence-electron chi connectivity index (χ3n) is 3.64. The molecule has 1 aliphatic carbocycles. The molecule has 19 heavy (non-hydrogen) atoms. The zero-order valence-corrected chi connectivity index (χ0v) is 11.4. The number of H-pyrrole nitrogens is 1. The van der Waals surface area contributed by atoms with Gasteiger partial charge in [-0.05, 0) is 42.5 Å². The number of hydrogen-bond donors (Lipinski definition) is 2. The molecule has 0 unspecified atom stereocenters. The summed E-state index contributed by atoms with van der Waals surface area (Å²) in [5.41, 5.74) is 2.44. The molecule has 1 aromatic heterocycles. The molecule has 4 nitrogen and oxygen atoms in total. The number of nitrogens with one attached hydrogen (secondary N) is 1. The second kappa shape index (κ2) is 4.74. The normalized spacial score (nSPS) is 18.1. The first-order valence-corrected chi connectivity index (χ1v) is 7.09. The van der Waals surface area contributed by atoms with Gasteiger partial charge in [0.05, 0.1) is 12.0 Å². The van der Waals surface area contributed by atoms with Crippen molar-refractivity contribution in [3.05, 3.63) is 43.9 Å². The van der Waals surface area contributed by atoms with Gasteiger partial charge in [-0.25, -0.2) is 0 Å². The van der Waals surface area contributed by atoms with Crippen LogP contribution in [-0.2, 0) is 6.42 Å². The summed E-state index contributed by atoms with van der Waals surface area (Å²) in [6.45, 7) is 0. The highest BCUT2D eigenvalue weighted by Gasteiger charge is 2.26. The zero-order valence-electron chi connectivity index (χ0n) is 10.6. The van der Waals surface area contributed by atoms with Crippen LogP contribution in [0.1, 0.15) is 34.8 Å². The highest BCUT2D eigenvalue weighted by Crippen LogP contribution is 2.41. The van der Waals surface area contributed by atoms with E-state index < -0.39 is 0 Å². The van der Waals surface area contributed by atoms with Crippen molar-refractivity contribution in [1.82, 2.24) is 4.98 Å². The van der Waals surface area contributed by atoms with Crippen molar-refractivity contribution < 1.29 is 9.84 Å². The number of aromatic hydroxyl groups is 1. The van der Waals surface area contributed by atoms with Gasteiger partial charge in [0.2, 0.25) is 5.88 Å². The summed E-state index contributed by atoms with van der Waals surface area (Å²) < 4.78 is 5.25. The lowest BCUT2D eigenvalue weighted by Gasteiger charge is -2.25. The van der Waals surface area contributed by atoms with Crippen molar-refractivity contribution >= 4 is 11.3 Å². The molecule has 0 bridgehead atoms. The maximum Gasteiger partial charge on any atom is 0.307 e. The van der Waals surface area contributed by atoms with E-state index in [9.17, 15) is 9.90 Å². The van der Waals surface area contributed by atoms with Crippen LogP contribution in [-0.4, -0.2) is 17.2 Å². The molecule has 2 aromatic rings. The van der Waals surface area contributed by atoms with Crippen molar-refractivity contribution in [1.29, 1.82) is 0 Å². The van der Waals surface area contributed by atoms with Crippen LogP contribution in [0.15, 0.2) is 23.0 Å². The van der Waals surface area contributed by atoms with Crippen LogP contribution in [0.4, 0.5) is 0 Å². The molecule has 0 fully saturated rings. The predicted octanol–water partition coefficient (Wildman–Crippen LogP) is 2.62. The molecule has 3 rings (SSSR count). The van der Waals surface area contributed by atoms with Gasteiger partial charge in [-0.2, -0.15) is 0 Å². The quantitative estimate of drug-likeness (QED) is 0.887. The van der Waals surface area contributed by atoms with Crippen LogP contribution in [0.25, 0.3) is 0 Å². The third-order valence-corrected chi connectivity index (χ3v) is 4.62. The SMILES string of the molecule is COc1ccc2c(c1)CCC[C@H]2c1sc(=O)[nH]c1O. The molecule has 0 spiro atoms. The highest BCUT2D eigenvalue weighted by atomic mass is 32.1. The van der Waals surface area contributed by atoms with Gasteiger partial charge in [0.15, 0.2) is 0 Å². The topological polar surface area (TPSA) is 62.3 Å². The van der Waals surface area contributed by atoms with E-state index in [0.29, 0.717) is 0 Å². The minimum Gasteiger partial charge on any atom is -0.497 e. The minimum atomic E-state index is -0.201. The Hall–Kier alpha value is -1.75. The van der Waals surface area contributed by atoms with Gasteiger partial charge in [0.1, 0.15) is 5.75 Å². The molecule has 1 heterocycles. The Balaban J connectivity index is 2.07. The fourth-order valence-electron chi connectivity index (χ4n) is 2.76. The van der Waals surface area contributed by atoms with Crippen LogP contribution in [0, 0.1) is 0 Å². The molecule has 5 heteroatoms. The average Bonchev–Trinajstić information content (AvgIpc) is 2.76. The molecular formula is C14H15NO3S. The van der Waals surface area contributed by atoms with Gasteiger partial charge in [0, 0.05) is 5.92 Å². The van der Waals surface area contributed by atoms with Crippen molar-refractivity contribution in [2.75, 3.05) is 7.11 Å². The first-order valence-electron chi connectivity index (χ1n) is 6.28. The first-order chi connectivity index (χ1) is 9.19. The fraction of sp³-hybridized carbons (Fsp3) is 0.357. The summed E-state index contributed by atoms with van der Waals surface area (Å²) >= 11 is 1.10. The summed E-state index contributed by atoms with van der Waals surface area (Å²) in [6.07, 6.45) is 3.03. The number of thiazole rings is 1. The van der Waals surface area contributed by atoms with Gasteiger partial charge in [-0.3, -0.25) is 9.78 Å². The maximum absolute atomic E-state index is 11.3. The lowest BCUT2D eigenvalue weighted by Crippen LogP contribution is -2.10. The van der Waals surface area contributed by atoms with Crippen molar-refractivity contribution in [2.24, 2.45) is 0 Å². The lowest BCUT2D eigenvalue weighted by molar-refractivity contribution is 0.413. The Morgan fingerprint density at radius 2 is 2.32 bits per heavy atom. The molecule has 100 valence electrons. The third kappa shape index (κ3) is 2.14. The van der Waals surface area contributed by atoms with Crippen molar-refractivity contribution in [3.8, 4) is 11.6 Å². The second-order valence-corrected chi connectivity index (χ2v) is 5.75. The molecule has 0 saturated carbocycles. The van der Waals surface area contributed by atoms with Crippen LogP contribution in [0.2, 0.25) is 0 Å². The van der Waals surface area contributed by atoms with E-state index in [4.69, 9.17) is 4.74 Å². The molecule has 0 amide bonds. The van der Waals surface area contributed by atoms with E-state index in [1.165, 1.54) is 11.1 Å². The molecular weight excluding hydrogens is 262 g/mol. The van der Waals surface area contributed by atoms with E-state index in [2.05, 4.69) is 4.98 Å². The van der Waals surface area contributed by atoms with E-state index in [1.807, 2.05) is 18.2 Å². The number of rotatable bonds is 2. The smallest absolute Gasteiger partial charge is 0.307 e. The average molecular weight is 277 g/mol. The molecule has 0 aliphatic heterocycles. The molecule has 0 radical (unpaired) electrons. The van der Waals surface area contributed by atoms with E-state index in [0.717, 1.165) is 41.2 Å². The zero-order chi connectivity index (χ0) is 13.4. The van der Waals surface area contributed by atoms with Crippen molar-refractivity contribution in [2.45, 2.75) is 25.2 Å². The number of hydrogen-bond acceptors (Lipinski definition) is 4. The van der Waals surface area contributed by atoms with Crippen LogP contribution in [0.3, 0.4) is 0 Å². The molecule has 0 saturated heterocycles. The summed E-state index contributed by atoms with van der Waals surface area (Å²) in [6, 6.07) is 6.03. The number of aromatic nitrogens is 1. The van der Waals surface area contributed by atoms with Gasteiger partial charge < -0.3 is 9.84 Å². The van der Waals surface area contributed by atoms with Crippen molar-refractivity contribution in [3.63, 3.8) is 0 Å². The molecule has 1 aliphatic rings. The fourth-order valence-corrected chi connectivity index (χ4v) is 3.64. The summed E-state index contributed by atoms with van der Waals surface area (Å²) in [4.78, 5) is 14.3. The lowest BCUT2D eigenvalue weighted by atomic mass is 9.82. The number of ether oxygens (including phenoxy) is 1. The number of benzene rings is 1. The van der Waals surface area contributed by atoms with E-state index >= 15 is 0 Å². The minimum absolute atomic E-state index is 0.0173. The number of fused-ring (bicyclic) bond motifs is 1. The Morgan fingerprint density at radius 1 is 1.47 bits per heavy atom. The van der Waals surface area contributed by atoms with Gasteiger partial charge >= 0.3 is 4.87 Å². The molecule has 1 atom stereocenters. The van der Waals surface area contributed by atoms with Crippen LogP contribution >= 0.6 is 11.3 Å². The number of aryl methyl sites for hydroxylation is 1. The van der Waals surface area contributed by atoms with Gasteiger partial charge in [0.25, 0.3) is 0 Å². The Kier molecular flexibility index (Phi) is 3.06. The molecule has 1 aromatic carbocycles.